The summed E-state index contributed by atoms with van der Waals surface area (Å²) in [5.41, 5.74) is 0. The minimum Gasteiger partial charge on any atom is -0.481 e. The summed E-state index contributed by atoms with van der Waals surface area (Å²) in [7, 11) is 0. The van der Waals surface area contributed by atoms with Gasteiger partial charge in [-0.25, -0.2) is 0 Å². The number of rotatable bonds is 10. The van der Waals surface area contributed by atoms with Crippen molar-refractivity contribution in [1.82, 2.24) is 0 Å². The van der Waals surface area contributed by atoms with Crippen LogP contribution < -0.4 is 0 Å². The average Bonchev–Trinajstić information content (AvgIpc) is 3.03. The predicted molar refractivity (Wildman–Crippen MR) is 63.8 cm³/mol. The first-order valence-corrected chi connectivity index (χ1v) is 6.23. The average molecular weight is 240 g/mol. The van der Waals surface area contributed by atoms with Crippen molar-refractivity contribution in [1.29, 1.82) is 0 Å². The minimum absolute atomic E-state index is 0.146. The highest BCUT2D eigenvalue weighted by Crippen LogP contribution is 2.28. The molecule has 1 aliphatic rings. The monoisotopic (exact) mass is 240 g/mol. The number of epoxide rings is 1. The highest BCUT2D eigenvalue weighted by atomic mass is 16.6. The van der Waals surface area contributed by atoms with Gasteiger partial charge >= 0.3 is 5.97 Å². The van der Waals surface area contributed by atoms with Crippen LogP contribution in [0.2, 0.25) is 0 Å². The number of carbonyl (C=O) groups excluding carboxylic acids is 1. The lowest BCUT2D eigenvalue weighted by molar-refractivity contribution is -0.137. The van der Waals surface area contributed by atoms with Crippen molar-refractivity contribution in [3.8, 4) is 0 Å². The molecular formula is C13H20O4. The lowest BCUT2D eigenvalue weighted by atomic mass is 10.1. The van der Waals surface area contributed by atoms with E-state index in [2.05, 4.69) is 0 Å². The second-order valence-corrected chi connectivity index (χ2v) is 4.36. The van der Waals surface area contributed by atoms with E-state index in [-0.39, 0.29) is 12.5 Å². The Labute approximate surface area is 102 Å². The van der Waals surface area contributed by atoms with E-state index in [0.29, 0.717) is 6.10 Å². The van der Waals surface area contributed by atoms with E-state index >= 15 is 0 Å². The van der Waals surface area contributed by atoms with Crippen molar-refractivity contribution in [3.63, 3.8) is 0 Å². The standard InChI is InChI=1S/C13H20O4/c14-10-6-8-12-11(17-12)7-4-2-1-3-5-9-13(15)16/h6,8,10-12H,1-5,7,9H2,(H,15,16). The predicted octanol–water partition coefficient (Wildman–Crippen LogP) is 2.32. The number of carboxylic acids is 1. The Hall–Kier alpha value is -1.16. The number of allylic oxidation sites excluding steroid dienone is 1. The molecule has 1 heterocycles. The molecule has 4 heteroatoms. The second-order valence-electron chi connectivity index (χ2n) is 4.36. The molecule has 17 heavy (non-hydrogen) atoms. The van der Waals surface area contributed by atoms with Gasteiger partial charge in [0, 0.05) is 6.42 Å². The SMILES string of the molecule is O=CC=CC1OC1CCCCCCCC(=O)O. The van der Waals surface area contributed by atoms with Crippen molar-refractivity contribution in [2.75, 3.05) is 0 Å². The molecule has 4 nitrogen and oxygen atoms in total. The largest absolute Gasteiger partial charge is 0.481 e. The summed E-state index contributed by atoms with van der Waals surface area (Å²) in [4.78, 5) is 20.3. The number of carbonyl (C=O) groups is 2. The van der Waals surface area contributed by atoms with Gasteiger partial charge in [-0.3, -0.25) is 9.59 Å². The molecule has 0 amide bonds. The van der Waals surface area contributed by atoms with Crippen LogP contribution in [0.15, 0.2) is 12.2 Å². The van der Waals surface area contributed by atoms with E-state index in [1.807, 2.05) is 0 Å². The highest BCUT2D eigenvalue weighted by molar-refractivity contribution is 5.66. The van der Waals surface area contributed by atoms with Gasteiger partial charge in [-0.15, -0.1) is 0 Å². The van der Waals surface area contributed by atoms with Crippen molar-refractivity contribution in [2.24, 2.45) is 0 Å². The molecule has 1 aliphatic heterocycles. The summed E-state index contributed by atoms with van der Waals surface area (Å²) < 4.78 is 5.35. The first kappa shape index (κ1) is 13.9. The van der Waals surface area contributed by atoms with Crippen LogP contribution in [0.1, 0.15) is 44.9 Å². The molecule has 2 atom stereocenters. The number of aliphatic carboxylic acids is 1. The molecule has 1 rings (SSSR count). The van der Waals surface area contributed by atoms with E-state index in [1.54, 1.807) is 6.08 Å². The first-order valence-electron chi connectivity index (χ1n) is 6.23. The van der Waals surface area contributed by atoms with Gasteiger partial charge in [-0.2, -0.15) is 0 Å². The molecule has 0 saturated carbocycles. The molecule has 1 saturated heterocycles. The number of hydrogen-bond donors (Lipinski definition) is 1. The summed E-state index contributed by atoms with van der Waals surface area (Å²) in [6, 6.07) is 0. The van der Waals surface area contributed by atoms with Crippen LogP contribution in [-0.4, -0.2) is 29.6 Å². The lowest BCUT2D eigenvalue weighted by Crippen LogP contribution is -1.94. The number of unbranched alkanes of at least 4 members (excludes halogenated alkanes) is 4. The smallest absolute Gasteiger partial charge is 0.303 e. The Kier molecular flexibility index (Phi) is 6.55. The first-order chi connectivity index (χ1) is 8.24. The van der Waals surface area contributed by atoms with Crippen LogP contribution in [0.5, 0.6) is 0 Å². The number of ether oxygens (including phenoxy) is 1. The minimum atomic E-state index is -0.707. The Morgan fingerprint density at radius 3 is 2.59 bits per heavy atom. The molecule has 0 aliphatic carbocycles. The molecule has 0 aromatic heterocycles. The third-order valence-corrected chi connectivity index (χ3v) is 2.88. The van der Waals surface area contributed by atoms with Gasteiger partial charge in [0.15, 0.2) is 0 Å². The Bertz CT molecular complexity index is 273. The van der Waals surface area contributed by atoms with Crippen LogP contribution in [-0.2, 0) is 14.3 Å². The molecule has 1 fully saturated rings. The molecule has 1 N–H and O–H groups in total. The van der Waals surface area contributed by atoms with Crippen LogP contribution in [0.25, 0.3) is 0 Å². The fraction of sp³-hybridized carbons (Fsp3) is 0.692. The van der Waals surface area contributed by atoms with E-state index in [0.717, 1.165) is 44.8 Å². The Balaban J connectivity index is 1.84. The molecule has 0 aromatic rings. The summed E-state index contributed by atoms with van der Waals surface area (Å²) in [6.07, 6.45) is 10.9. The van der Waals surface area contributed by atoms with E-state index < -0.39 is 5.97 Å². The number of hydrogen-bond acceptors (Lipinski definition) is 3. The van der Waals surface area contributed by atoms with Crippen LogP contribution in [0.3, 0.4) is 0 Å². The van der Waals surface area contributed by atoms with E-state index in [4.69, 9.17) is 9.84 Å². The summed E-state index contributed by atoms with van der Waals surface area (Å²) in [5.74, 6) is -0.707. The topological polar surface area (TPSA) is 66.9 Å². The molecule has 96 valence electrons. The van der Waals surface area contributed by atoms with Gasteiger partial charge in [-0.1, -0.05) is 31.8 Å². The van der Waals surface area contributed by atoms with Crippen molar-refractivity contribution in [2.45, 2.75) is 57.2 Å². The van der Waals surface area contributed by atoms with E-state index in [1.165, 1.54) is 6.08 Å². The highest BCUT2D eigenvalue weighted by Gasteiger charge is 2.35. The van der Waals surface area contributed by atoms with Crippen LogP contribution in [0, 0.1) is 0 Å². The van der Waals surface area contributed by atoms with Gasteiger partial charge < -0.3 is 9.84 Å². The maximum absolute atomic E-state index is 10.3. The molecule has 0 bridgehead atoms. The summed E-state index contributed by atoms with van der Waals surface area (Å²) >= 11 is 0. The summed E-state index contributed by atoms with van der Waals surface area (Å²) in [5, 5.41) is 8.45. The van der Waals surface area contributed by atoms with Gasteiger partial charge in [0.2, 0.25) is 0 Å². The van der Waals surface area contributed by atoms with Gasteiger partial charge in [0.05, 0.1) is 6.10 Å². The third-order valence-electron chi connectivity index (χ3n) is 2.88. The van der Waals surface area contributed by atoms with Crippen LogP contribution in [0.4, 0.5) is 0 Å². The van der Waals surface area contributed by atoms with Gasteiger partial charge in [0.1, 0.15) is 12.4 Å². The zero-order valence-corrected chi connectivity index (χ0v) is 10.0. The van der Waals surface area contributed by atoms with Crippen molar-refractivity contribution in [3.05, 3.63) is 12.2 Å². The normalized spacial score (nSPS) is 22.8. The molecular weight excluding hydrogens is 220 g/mol. The maximum atomic E-state index is 10.3. The van der Waals surface area contributed by atoms with Crippen molar-refractivity contribution < 1.29 is 19.4 Å². The third kappa shape index (κ3) is 6.89. The lowest BCUT2D eigenvalue weighted by Gasteiger charge is -1.98. The van der Waals surface area contributed by atoms with E-state index in [9.17, 15) is 9.59 Å². The zero-order chi connectivity index (χ0) is 12.5. The van der Waals surface area contributed by atoms with Crippen molar-refractivity contribution >= 4 is 12.3 Å². The van der Waals surface area contributed by atoms with Gasteiger partial charge in [-0.05, 0) is 18.9 Å². The number of carboxylic acid groups (broad SMARTS) is 1. The quantitative estimate of drug-likeness (QED) is 0.275. The molecule has 0 aromatic carbocycles. The fourth-order valence-corrected chi connectivity index (χ4v) is 1.87. The maximum Gasteiger partial charge on any atom is 0.303 e. The summed E-state index contributed by atoms with van der Waals surface area (Å²) in [6.45, 7) is 0. The Morgan fingerprint density at radius 2 is 1.88 bits per heavy atom. The fourth-order valence-electron chi connectivity index (χ4n) is 1.87. The Morgan fingerprint density at radius 1 is 1.18 bits per heavy atom. The molecule has 2 unspecified atom stereocenters. The van der Waals surface area contributed by atoms with Gasteiger partial charge in [0.25, 0.3) is 0 Å². The van der Waals surface area contributed by atoms with Crippen LogP contribution >= 0.6 is 0 Å². The molecule has 0 radical (unpaired) electrons. The zero-order valence-electron chi connectivity index (χ0n) is 10.0. The second kappa shape index (κ2) is 8.01. The molecule has 0 spiro atoms. The number of aldehydes is 1.